The lowest BCUT2D eigenvalue weighted by Crippen LogP contribution is -2.49. The molecule has 7 nitrogen and oxygen atoms in total. The largest absolute Gasteiger partial charge is 0.467 e. The normalized spacial score (nSPS) is 16.5. The van der Waals surface area contributed by atoms with E-state index in [-0.39, 0.29) is 30.7 Å². The number of rotatable bonds is 4. The van der Waals surface area contributed by atoms with Gasteiger partial charge in [-0.15, -0.1) is 0 Å². The highest BCUT2D eigenvalue weighted by atomic mass is 19.4. The molecule has 33 heavy (non-hydrogen) atoms. The molecule has 0 atom stereocenters. The summed E-state index contributed by atoms with van der Waals surface area (Å²) in [5, 5.41) is 0. The summed E-state index contributed by atoms with van der Waals surface area (Å²) < 4.78 is 60.0. The number of piperazine rings is 1. The third-order valence-electron chi connectivity index (χ3n) is 5.89. The monoisotopic (exact) mass is 465 g/mol. The quantitative estimate of drug-likeness (QED) is 0.511. The maximum Gasteiger partial charge on any atom is 0.421 e. The van der Waals surface area contributed by atoms with Crippen molar-refractivity contribution in [2.45, 2.75) is 19.1 Å². The Balaban J connectivity index is 1.64. The lowest BCUT2D eigenvalue weighted by Gasteiger charge is -2.38. The minimum absolute atomic E-state index is 0.0582. The topological polar surface area (TPSA) is 61.8 Å². The van der Waals surface area contributed by atoms with Crippen molar-refractivity contribution in [3.05, 3.63) is 53.5 Å². The summed E-state index contributed by atoms with van der Waals surface area (Å²) in [6, 6.07) is 3.45. The van der Waals surface area contributed by atoms with Crippen molar-refractivity contribution in [1.29, 1.82) is 0 Å². The van der Waals surface area contributed by atoms with E-state index >= 15 is 0 Å². The van der Waals surface area contributed by atoms with E-state index in [1.807, 2.05) is 4.90 Å². The number of hydrogen-bond donors (Lipinski definition) is 0. The van der Waals surface area contributed by atoms with Crippen LogP contribution >= 0.6 is 0 Å². The van der Waals surface area contributed by atoms with Crippen molar-refractivity contribution in [2.24, 2.45) is 0 Å². The molecule has 0 unspecified atom stereocenters. The van der Waals surface area contributed by atoms with E-state index in [2.05, 4.69) is 16.5 Å². The number of fused-ring (bicyclic) bond motifs is 1. The second kappa shape index (κ2) is 8.87. The summed E-state index contributed by atoms with van der Waals surface area (Å²) in [6.45, 7) is 5.89. The van der Waals surface area contributed by atoms with Crippen LogP contribution < -0.4 is 14.5 Å². The molecular formula is C22H23F4N5O2. The fourth-order valence-electron chi connectivity index (χ4n) is 4.27. The number of hydrogen-bond acceptors (Lipinski definition) is 6. The standard InChI is InChI=1S/C22H23F4N5O2/c1-3-18(32)29-9-11-30(12-10-29)20-14-7-8-31(13-16(14)27-21(28-20)33-2)17-6-4-5-15(23)19(17)22(24,25)26/h3-6H,1,7-13H2,2H3. The molecule has 2 aliphatic rings. The van der Waals surface area contributed by atoms with Crippen LogP contribution in [0.25, 0.3) is 0 Å². The summed E-state index contributed by atoms with van der Waals surface area (Å²) >= 11 is 0. The van der Waals surface area contributed by atoms with Crippen molar-refractivity contribution < 1.29 is 27.1 Å². The summed E-state index contributed by atoms with van der Waals surface area (Å²) in [7, 11) is 1.42. The van der Waals surface area contributed by atoms with Crippen LogP contribution in [-0.2, 0) is 23.9 Å². The van der Waals surface area contributed by atoms with Gasteiger partial charge in [-0.25, -0.2) is 4.39 Å². The molecule has 1 aromatic carbocycles. The maximum atomic E-state index is 14.1. The van der Waals surface area contributed by atoms with Crippen LogP contribution in [-0.4, -0.2) is 60.6 Å². The van der Waals surface area contributed by atoms with Crippen molar-refractivity contribution in [1.82, 2.24) is 14.9 Å². The molecule has 2 aromatic rings. The summed E-state index contributed by atoms with van der Waals surface area (Å²) in [6.07, 6.45) is -3.16. The zero-order valence-corrected chi connectivity index (χ0v) is 18.0. The fraction of sp³-hybridized carbons (Fsp3) is 0.409. The van der Waals surface area contributed by atoms with Gasteiger partial charge in [-0.1, -0.05) is 12.6 Å². The number of halogens is 4. The van der Waals surface area contributed by atoms with Crippen LogP contribution in [0.4, 0.5) is 29.1 Å². The number of aromatic nitrogens is 2. The predicted octanol–water partition coefficient (Wildman–Crippen LogP) is 3.04. The third kappa shape index (κ3) is 4.44. The van der Waals surface area contributed by atoms with E-state index in [1.165, 1.54) is 30.2 Å². The number of nitrogens with zero attached hydrogens (tertiary/aromatic N) is 5. The highest BCUT2D eigenvalue weighted by molar-refractivity contribution is 5.87. The van der Waals surface area contributed by atoms with Crippen LogP contribution in [0, 0.1) is 5.82 Å². The van der Waals surface area contributed by atoms with Gasteiger partial charge in [0.15, 0.2) is 0 Å². The zero-order chi connectivity index (χ0) is 23.8. The number of ether oxygens (including phenoxy) is 1. The Morgan fingerprint density at radius 3 is 2.48 bits per heavy atom. The van der Waals surface area contributed by atoms with Gasteiger partial charge in [0.05, 0.1) is 25.0 Å². The van der Waals surface area contributed by atoms with Crippen LogP contribution in [0.1, 0.15) is 16.8 Å². The summed E-state index contributed by atoms with van der Waals surface area (Å²) in [5.41, 5.74) is -0.146. The third-order valence-corrected chi connectivity index (χ3v) is 5.89. The number of benzene rings is 1. The van der Waals surface area contributed by atoms with Crippen LogP contribution in [0.15, 0.2) is 30.9 Å². The minimum atomic E-state index is -4.82. The van der Waals surface area contributed by atoms with E-state index in [1.54, 1.807) is 4.90 Å². The molecule has 0 spiro atoms. The number of anilines is 2. The molecule has 2 aliphatic heterocycles. The predicted molar refractivity (Wildman–Crippen MR) is 114 cm³/mol. The van der Waals surface area contributed by atoms with Gasteiger partial charge in [0.1, 0.15) is 17.2 Å². The average molecular weight is 465 g/mol. The second-order valence-corrected chi connectivity index (χ2v) is 7.78. The lowest BCUT2D eigenvalue weighted by molar-refractivity contribution is -0.139. The van der Waals surface area contributed by atoms with Gasteiger partial charge in [-0.3, -0.25) is 4.79 Å². The molecule has 0 saturated carbocycles. The number of amides is 1. The van der Waals surface area contributed by atoms with Gasteiger partial charge in [-0.2, -0.15) is 23.1 Å². The number of carbonyl (C=O) groups is 1. The zero-order valence-electron chi connectivity index (χ0n) is 18.0. The molecule has 0 bridgehead atoms. The first-order chi connectivity index (χ1) is 15.7. The SMILES string of the molecule is C=CC(=O)N1CCN(c2nc(OC)nc3c2CCN(c2cccc(F)c2C(F)(F)F)C3)CC1. The first kappa shape index (κ1) is 22.8. The molecule has 1 aromatic heterocycles. The van der Waals surface area contributed by atoms with Crippen LogP contribution in [0.5, 0.6) is 6.01 Å². The molecule has 3 heterocycles. The number of carbonyl (C=O) groups excluding carboxylic acids is 1. The van der Waals surface area contributed by atoms with Crippen LogP contribution in [0.3, 0.4) is 0 Å². The molecule has 4 rings (SSSR count). The van der Waals surface area contributed by atoms with E-state index < -0.39 is 17.6 Å². The Kier molecular flexibility index (Phi) is 6.13. The second-order valence-electron chi connectivity index (χ2n) is 7.78. The summed E-state index contributed by atoms with van der Waals surface area (Å²) in [5.74, 6) is -0.792. The van der Waals surface area contributed by atoms with Gasteiger partial charge in [0.25, 0.3) is 0 Å². The molecule has 1 saturated heterocycles. The van der Waals surface area contributed by atoms with E-state index in [0.29, 0.717) is 44.1 Å². The number of methoxy groups -OCH3 is 1. The van der Waals surface area contributed by atoms with Gasteiger partial charge in [0, 0.05) is 38.3 Å². The highest BCUT2D eigenvalue weighted by Crippen LogP contribution is 2.40. The van der Waals surface area contributed by atoms with E-state index in [4.69, 9.17) is 4.74 Å². The first-order valence-corrected chi connectivity index (χ1v) is 10.4. The van der Waals surface area contributed by atoms with Crippen LogP contribution in [0.2, 0.25) is 0 Å². The van der Waals surface area contributed by atoms with Crippen molar-refractivity contribution in [2.75, 3.05) is 49.6 Å². The minimum Gasteiger partial charge on any atom is -0.467 e. The molecular weight excluding hydrogens is 442 g/mol. The van der Waals surface area contributed by atoms with E-state index in [9.17, 15) is 22.4 Å². The highest BCUT2D eigenvalue weighted by Gasteiger charge is 2.39. The molecule has 0 N–H and O–H groups in total. The summed E-state index contributed by atoms with van der Waals surface area (Å²) in [4.78, 5) is 25.9. The van der Waals surface area contributed by atoms with Gasteiger partial charge in [-0.05, 0) is 24.6 Å². The Labute approximate surface area is 188 Å². The first-order valence-electron chi connectivity index (χ1n) is 10.4. The Morgan fingerprint density at radius 1 is 1.12 bits per heavy atom. The maximum absolute atomic E-state index is 14.1. The fourth-order valence-corrected chi connectivity index (χ4v) is 4.27. The molecule has 0 aliphatic carbocycles. The Bertz CT molecular complexity index is 1070. The van der Waals surface area contributed by atoms with Crippen molar-refractivity contribution in [3.63, 3.8) is 0 Å². The smallest absolute Gasteiger partial charge is 0.421 e. The Hall–Kier alpha value is -3.37. The lowest BCUT2D eigenvalue weighted by atomic mass is 10.0. The molecule has 11 heteroatoms. The van der Waals surface area contributed by atoms with Crippen molar-refractivity contribution >= 4 is 17.4 Å². The number of alkyl halides is 3. The molecule has 0 radical (unpaired) electrons. The molecule has 1 amide bonds. The molecule has 176 valence electrons. The Morgan fingerprint density at radius 2 is 1.85 bits per heavy atom. The van der Waals surface area contributed by atoms with E-state index in [0.717, 1.165) is 11.6 Å². The van der Waals surface area contributed by atoms with Gasteiger partial charge >= 0.3 is 12.2 Å². The van der Waals surface area contributed by atoms with Crippen molar-refractivity contribution in [3.8, 4) is 6.01 Å². The van der Waals surface area contributed by atoms with Gasteiger partial charge in [0.2, 0.25) is 5.91 Å². The van der Waals surface area contributed by atoms with Gasteiger partial charge < -0.3 is 19.4 Å². The molecule has 1 fully saturated rings. The average Bonchev–Trinajstić information content (AvgIpc) is 2.81.